The SMILES string of the molecule is O=Nc1ccccc1F. The maximum absolute atomic E-state index is 12.3. The Hall–Kier alpha value is -1.25. The van der Waals surface area contributed by atoms with Crippen molar-refractivity contribution in [3.63, 3.8) is 0 Å². The molecular weight excluding hydrogens is 121 g/mol. The Kier molecular flexibility index (Phi) is 1.53. The van der Waals surface area contributed by atoms with Gasteiger partial charge in [-0.05, 0) is 17.3 Å². The third-order valence-corrected chi connectivity index (χ3v) is 0.951. The summed E-state index contributed by atoms with van der Waals surface area (Å²) in [5.41, 5.74) is -0.141. The fourth-order valence-electron chi connectivity index (χ4n) is 0.526. The third-order valence-electron chi connectivity index (χ3n) is 0.951. The number of benzene rings is 1. The standard InChI is InChI=1S/C6H4FNO/c7-5-3-1-2-4-6(5)8-9/h1-4H. The fourth-order valence-corrected chi connectivity index (χ4v) is 0.526. The Morgan fingerprint density at radius 3 is 2.44 bits per heavy atom. The van der Waals surface area contributed by atoms with Crippen molar-refractivity contribution in [1.29, 1.82) is 0 Å². The van der Waals surface area contributed by atoms with Crippen molar-refractivity contribution in [3.05, 3.63) is 35.0 Å². The quantitative estimate of drug-likeness (QED) is 0.529. The first-order valence-electron chi connectivity index (χ1n) is 2.42. The maximum Gasteiger partial charge on any atom is 0.152 e. The second-order valence-electron chi connectivity index (χ2n) is 1.54. The van der Waals surface area contributed by atoms with Gasteiger partial charge in [0.2, 0.25) is 0 Å². The molecule has 9 heavy (non-hydrogen) atoms. The van der Waals surface area contributed by atoms with E-state index >= 15 is 0 Å². The van der Waals surface area contributed by atoms with Crippen LogP contribution in [0.5, 0.6) is 0 Å². The normalized spacial score (nSPS) is 9.00. The van der Waals surface area contributed by atoms with Crippen molar-refractivity contribution in [2.75, 3.05) is 0 Å². The molecular formula is C6H4FNO. The smallest absolute Gasteiger partial charge is 0.152 e. The average molecular weight is 125 g/mol. The van der Waals surface area contributed by atoms with Crippen LogP contribution in [0.2, 0.25) is 0 Å². The molecule has 0 atom stereocenters. The van der Waals surface area contributed by atoms with Gasteiger partial charge in [0.25, 0.3) is 0 Å². The summed E-state index contributed by atoms with van der Waals surface area (Å²) in [6.07, 6.45) is 0. The van der Waals surface area contributed by atoms with Gasteiger partial charge in [-0.15, -0.1) is 4.91 Å². The molecule has 46 valence electrons. The minimum Gasteiger partial charge on any atom is -0.204 e. The van der Waals surface area contributed by atoms with Crippen molar-refractivity contribution in [2.24, 2.45) is 5.18 Å². The highest BCUT2D eigenvalue weighted by atomic mass is 19.1. The highest BCUT2D eigenvalue weighted by Gasteiger charge is 1.96. The van der Waals surface area contributed by atoms with Gasteiger partial charge in [-0.25, -0.2) is 4.39 Å². The minimum atomic E-state index is -0.576. The highest BCUT2D eigenvalue weighted by molar-refractivity contribution is 5.37. The van der Waals surface area contributed by atoms with E-state index in [9.17, 15) is 9.30 Å². The lowest BCUT2D eigenvalue weighted by Crippen LogP contribution is -1.70. The molecule has 0 aliphatic carbocycles. The Bertz CT molecular complexity index is 224. The zero-order valence-corrected chi connectivity index (χ0v) is 4.54. The Balaban J connectivity index is 3.15. The van der Waals surface area contributed by atoms with Crippen molar-refractivity contribution < 1.29 is 4.39 Å². The van der Waals surface area contributed by atoms with E-state index in [4.69, 9.17) is 0 Å². The number of nitroso groups, excluding NO2 is 1. The van der Waals surface area contributed by atoms with Crippen LogP contribution in [0.4, 0.5) is 10.1 Å². The molecule has 0 aliphatic heterocycles. The monoisotopic (exact) mass is 125 g/mol. The summed E-state index contributed by atoms with van der Waals surface area (Å²) in [7, 11) is 0. The zero-order chi connectivity index (χ0) is 6.69. The van der Waals surface area contributed by atoms with Gasteiger partial charge in [0, 0.05) is 0 Å². The molecule has 0 radical (unpaired) electrons. The van der Waals surface area contributed by atoms with Gasteiger partial charge in [-0.3, -0.25) is 0 Å². The topological polar surface area (TPSA) is 29.4 Å². The predicted octanol–water partition coefficient (Wildman–Crippen LogP) is 2.22. The van der Waals surface area contributed by atoms with Gasteiger partial charge in [0.15, 0.2) is 5.82 Å². The fraction of sp³-hybridized carbons (Fsp3) is 0. The van der Waals surface area contributed by atoms with Gasteiger partial charge in [-0.1, -0.05) is 12.1 Å². The molecule has 2 nitrogen and oxygen atoms in total. The van der Waals surface area contributed by atoms with Crippen LogP contribution in [0.15, 0.2) is 29.4 Å². The first kappa shape index (κ1) is 5.88. The summed E-state index contributed by atoms with van der Waals surface area (Å²) in [6.45, 7) is 0. The molecule has 0 fully saturated rings. The van der Waals surface area contributed by atoms with Crippen LogP contribution < -0.4 is 0 Å². The first-order chi connectivity index (χ1) is 4.34. The largest absolute Gasteiger partial charge is 0.204 e. The van der Waals surface area contributed by atoms with Gasteiger partial charge >= 0.3 is 0 Å². The first-order valence-corrected chi connectivity index (χ1v) is 2.42. The molecule has 1 aromatic carbocycles. The highest BCUT2D eigenvalue weighted by Crippen LogP contribution is 2.14. The number of nitrogens with zero attached hydrogens (tertiary/aromatic N) is 1. The molecule has 0 unspecified atom stereocenters. The molecule has 0 saturated heterocycles. The summed E-state index contributed by atoms with van der Waals surface area (Å²) in [5, 5.41) is 2.45. The summed E-state index contributed by atoms with van der Waals surface area (Å²) in [6, 6.07) is 5.57. The Morgan fingerprint density at radius 2 is 2.00 bits per heavy atom. The molecule has 0 heterocycles. The number of halogens is 1. The second kappa shape index (κ2) is 2.35. The maximum atomic E-state index is 12.3. The molecule has 0 spiro atoms. The van der Waals surface area contributed by atoms with Crippen LogP contribution in [0.25, 0.3) is 0 Å². The van der Waals surface area contributed by atoms with Gasteiger partial charge < -0.3 is 0 Å². The van der Waals surface area contributed by atoms with Crippen LogP contribution in [0, 0.1) is 10.7 Å². The molecule has 0 N–H and O–H groups in total. The number of hydrogen-bond donors (Lipinski definition) is 0. The lowest BCUT2D eigenvalue weighted by molar-refractivity contribution is 0.629. The molecule has 3 heteroatoms. The number of rotatable bonds is 1. The molecule has 0 aromatic heterocycles. The predicted molar refractivity (Wildman–Crippen MR) is 31.9 cm³/mol. The van der Waals surface area contributed by atoms with E-state index in [1.807, 2.05) is 0 Å². The summed E-state index contributed by atoms with van der Waals surface area (Å²) in [5.74, 6) is -0.576. The molecule has 1 aromatic rings. The summed E-state index contributed by atoms with van der Waals surface area (Å²) >= 11 is 0. The summed E-state index contributed by atoms with van der Waals surface area (Å²) < 4.78 is 12.3. The average Bonchev–Trinajstić information content (AvgIpc) is 1.89. The van der Waals surface area contributed by atoms with E-state index in [0.29, 0.717) is 0 Å². The van der Waals surface area contributed by atoms with Crippen LogP contribution in [0.3, 0.4) is 0 Å². The van der Waals surface area contributed by atoms with Gasteiger partial charge in [0.05, 0.1) is 0 Å². The van der Waals surface area contributed by atoms with Crippen molar-refractivity contribution in [3.8, 4) is 0 Å². The lowest BCUT2D eigenvalue weighted by Gasteiger charge is -1.86. The lowest BCUT2D eigenvalue weighted by atomic mass is 10.3. The zero-order valence-electron chi connectivity index (χ0n) is 4.54. The molecule has 1 rings (SSSR count). The third kappa shape index (κ3) is 1.10. The van der Waals surface area contributed by atoms with E-state index in [0.717, 1.165) is 0 Å². The van der Waals surface area contributed by atoms with E-state index in [1.54, 1.807) is 6.07 Å². The molecule has 0 saturated carbocycles. The van der Waals surface area contributed by atoms with Crippen molar-refractivity contribution in [1.82, 2.24) is 0 Å². The number of hydrogen-bond acceptors (Lipinski definition) is 2. The second-order valence-corrected chi connectivity index (χ2v) is 1.54. The molecule has 0 amide bonds. The molecule has 0 aliphatic rings. The van der Waals surface area contributed by atoms with Crippen molar-refractivity contribution in [2.45, 2.75) is 0 Å². The van der Waals surface area contributed by atoms with Crippen LogP contribution in [-0.4, -0.2) is 0 Å². The van der Waals surface area contributed by atoms with Gasteiger partial charge in [0.1, 0.15) is 5.69 Å². The van der Waals surface area contributed by atoms with E-state index in [2.05, 4.69) is 5.18 Å². The van der Waals surface area contributed by atoms with E-state index < -0.39 is 5.82 Å². The minimum absolute atomic E-state index is 0.141. The van der Waals surface area contributed by atoms with E-state index in [-0.39, 0.29) is 5.69 Å². The van der Waals surface area contributed by atoms with Crippen LogP contribution in [0.1, 0.15) is 0 Å². The van der Waals surface area contributed by atoms with Gasteiger partial charge in [-0.2, -0.15) is 0 Å². The van der Waals surface area contributed by atoms with Crippen LogP contribution >= 0.6 is 0 Å². The summed E-state index contributed by atoms with van der Waals surface area (Å²) in [4.78, 5) is 9.74. The van der Waals surface area contributed by atoms with Crippen LogP contribution in [-0.2, 0) is 0 Å². The van der Waals surface area contributed by atoms with Crippen molar-refractivity contribution >= 4 is 5.69 Å². The Morgan fingerprint density at radius 1 is 1.33 bits per heavy atom. The molecule has 0 bridgehead atoms. The van der Waals surface area contributed by atoms with E-state index in [1.165, 1.54) is 18.2 Å². The Labute approximate surface area is 51.3 Å².